The molecule has 0 aliphatic carbocycles. The van der Waals surface area contributed by atoms with Crippen LogP contribution in [-0.2, 0) is 5.41 Å². The Kier molecular flexibility index (Phi) is 2.63. The largest absolute Gasteiger partial charge is 0.306 e. The van der Waals surface area contributed by atoms with Gasteiger partial charge in [-0.15, -0.1) is 11.3 Å². The van der Waals surface area contributed by atoms with Gasteiger partial charge in [0.25, 0.3) is 5.56 Å². The van der Waals surface area contributed by atoms with Gasteiger partial charge >= 0.3 is 0 Å². The van der Waals surface area contributed by atoms with E-state index in [2.05, 4.69) is 15.0 Å². The van der Waals surface area contributed by atoms with Gasteiger partial charge in [0.15, 0.2) is 5.82 Å². The van der Waals surface area contributed by atoms with Crippen LogP contribution in [0.15, 0.2) is 22.6 Å². The zero-order valence-electron chi connectivity index (χ0n) is 9.44. The second-order valence-electron chi connectivity index (χ2n) is 4.59. The summed E-state index contributed by atoms with van der Waals surface area (Å²) in [6.07, 6.45) is 1.70. The molecule has 16 heavy (non-hydrogen) atoms. The van der Waals surface area contributed by atoms with Crippen LogP contribution >= 0.6 is 11.3 Å². The number of nitrogens with one attached hydrogen (secondary N) is 1. The van der Waals surface area contributed by atoms with Crippen LogP contribution in [0.4, 0.5) is 0 Å². The van der Waals surface area contributed by atoms with E-state index in [1.165, 1.54) is 11.3 Å². The smallest absolute Gasteiger partial charge is 0.251 e. The van der Waals surface area contributed by atoms with Crippen LogP contribution in [-0.4, -0.2) is 15.0 Å². The maximum atomic E-state index is 11.5. The number of hydrogen-bond acceptors (Lipinski definition) is 4. The van der Waals surface area contributed by atoms with Gasteiger partial charge in [-0.2, -0.15) is 0 Å². The number of nitrogens with zero attached hydrogens (tertiary/aromatic N) is 2. The van der Waals surface area contributed by atoms with E-state index >= 15 is 0 Å². The first-order valence-corrected chi connectivity index (χ1v) is 5.85. The third kappa shape index (κ3) is 2.19. The summed E-state index contributed by atoms with van der Waals surface area (Å²) in [7, 11) is 0. The minimum atomic E-state index is -0.131. The van der Waals surface area contributed by atoms with E-state index in [1.807, 2.05) is 20.8 Å². The summed E-state index contributed by atoms with van der Waals surface area (Å²) in [6.45, 7) is 6.10. The lowest BCUT2D eigenvalue weighted by Gasteiger charge is -2.17. The lowest BCUT2D eigenvalue weighted by Crippen LogP contribution is -2.19. The zero-order chi connectivity index (χ0) is 11.8. The van der Waals surface area contributed by atoms with E-state index in [9.17, 15) is 4.79 Å². The summed E-state index contributed by atoms with van der Waals surface area (Å²) in [5.41, 5.74) is 2.26. The second-order valence-corrected chi connectivity index (χ2v) is 5.48. The summed E-state index contributed by atoms with van der Waals surface area (Å²) in [4.78, 5) is 23.6. The van der Waals surface area contributed by atoms with Gasteiger partial charge in [-0.3, -0.25) is 9.78 Å². The summed E-state index contributed by atoms with van der Waals surface area (Å²) >= 11 is 1.46. The Hall–Kier alpha value is -1.49. The fourth-order valence-corrected chi connectivity index (χ4v) is 1.86. The molecule has 2 aromatic heterocycles. The van der Waals surface area contributed by atoms with E-state index in [1.54, 1.807) is 17.8 Å². The van der Waals surface area contributed by atoms with Crippen LogP contribution in [0.1, 0.15) is 26.5 Å². The van der Waals surface area contributed by atoms with E-state index < -0.39 is 0 Å². The molecule has 0 bridgehead atoms. The van der Waals surface area contributed by atoms with Crippen LogP contribution in [0.5, 0.6) is 0 Å². The van der Waals surface area contributed by atoms with Gasteiger partial charge in [-0.05, 0) is 0 Å². The topological polar surface area (TPSA) is 58.6 Å². The van der Waals surface area contributed by atoms with Gasteiger partial charge < -0.3 is 4.98 Å². The maximum absolute atomic E-state index is 11.5. The van der Waals surface area contributed by atoms with Crippen molar-refractivity contribution >= 4 is 11.3 Å². The molecule has 5 heteroatoms. The van der Waals surface area contributed by atoms with Crippen molar-refractivity contribution in [1.29, 1.82) is 0 Å². The minimum absolute atomic E-state index is 0.122. The molecule has 1 N–H and O–H groups in total. The number of aromatic amines is 1. The third-order valence-corrected chi connectivity index (χ3v) is 2.96. The fraction of sp³-hybridized carbons (Fsp3) is 0.364. The highest BCUT2D eigenvalue weighted by Gasteiger charge is 2.17. The normalized spacial score (nSPS) is 11.7. The van der Waals surface area contributed by atoms with Gasteiger partial charge in [-0.1, -0.05) is 20.8 Å². The quantitative estimate of drug-likeness (QED) is 0.824. The average molecular weight is 235 g/mol. The number of thiazole rings is 1. The third-order valence-electron chi connectivity index (χ3n) is 2.18. The monoisotopic (exact) mass is 235 g/mol. The SMILES string of the molecule is CC(C)(C)c1cc(=O)[nH]c(-c2cncs2)n1. The highest BCUT2D eigenvalue weighted by atomic mass is 32.1. The van der Waals surface area contributed by atoms with Crippen LogP contribution in [0.2, 0.25) is 0 Å². The number of H-pyrrole nitrogens is 1. The van der Waals surface area contributed by atoms with Crippen LogP contribution in [0, 0.1) is 0 Å². The summed E-state index contributed by atoms with van der Waals surface area (Å²) < 4.78 is 0. The van der Waals surface area contributed by atoms with E-state index in [-0.39, 0.29) is 11.0 Å². The molecule has 4 nitrogen and oxygen atoms in total. The fourth-order valence-electron chi connectivity index (χ4n) is 1.29. The number of aromatic nitrogens is 3. The van der Waals surface area contributed by atoms with Gasteiger partial charge in [-0.25, -0.2) is 4.98 Å². The van der Waals surface area contributed by atoms with Crippen LogP contribution in [0.25, 0.3) is 10.7 Å². The number of rotatable bonds is 1. The predicted molar refractivity (Wildman–Crippen MR) is 64.7 cm³/mol. The minimum Gasteiger partial charge on any atom is -0.306 e. The van der Waals surface area contributed by atoms with Crippen LogP contribution in [0.3, 0.4) is 0 Å². The first-order valence-electron chi connectivity index (χ1n) is 4.97. The summed E-state index contributed by atoms with van der Waals surface area (Å²) in [5.74, 6) is 0.597. The van der Waals surface area contributed by atoms with Crippen molar-refractivity contribution in [2.75, 3.05) is 0 Å². The van der Waals surface area contributed by atoms with E-state index in [0.29, 0.717) is 5.82 Å². The first kappa shape index (κ1) is 11.0. The van der Waals surface area contributed by atoms with Gasteiger partial charge in [0, 0.05) is 17.7 Å². The Balaban J connectivity index is 2.57. The second kappa shape index (κ2) is 3.83. The molecule has 0 amide bonds. The molecule has 2 aromatic rings. The first-order chi connectivity index (χ1) is 7.47. The number of hydrogen-bond donors (Lipinski definition) is 1. The van der Waals surface area contributed by atoms with Crippen molar-refractivity contribution < 1.29 is 0 Å². The average Bonchev–Trinajstić information content (AvgIpc) is 2.68. The molecule has 84 valence electrons. The Labute approximate surface area is 97.4 Å². The maximum Gasteiger partial charge on any atom is 0.251 e. The van der Waals surface area contributed by atoms with Crippen molar-refractivity contribution in [1.82, 2.24) is 15.0 Å². The van der Waals surface area contributed by atoms with Crippen molar-refractivity contribution in [2.24, 2.45) is 0 Å². The van der Waals surface area contributed by atoms with Crippen molar-refractivity contribution in [3.05, 3.63) is 33.8 Å². The lowest BCUT2D eigenvalue weighted by molar-refractivity contribution is 0.566. The van der Waals surface area contributed by atoms with Gasteiger partial charge in [0.05, 0.1) is 16.1 Å². The molecule has 0 radical (unpaired) electrons. The van der Waals surface area contributed by atoms with E-state index in [0.717, 1.165) is 10.6 Å². The molecule has 0 aromatic carbocycles. The van der Waals surface area contributed by atoms with Crippen molar-refractivity contribution in [3.63, 3.8) is 0 Å². The van der Waals surface area contributed by atoms with Crippen LogP contribution < -0.4 is 5.56 Å². The molecule has 0 saturated carbocycles. The molecule has 0 saturated heterocycles. The highest BCUT2D eigenvalue weighted by molar-refractivity contribution is 7.13. The Morgan fingerprint density at radius 1 is 1.38 bits per heavy atom. The van der Waals surface area contributed by atoms with Crippen molar-refractivity contribution in [3.8, 4) is 10.7 Å². The highest BCUT2D eigenvalue weighted by Crippen LogP contribution is 2.22. The molecule has 0 atom stereocenters. The molecule has 0 unspecified atom stereocenters. The molecule has 2 rings (SSSR count). The zero-order valence-corrected chi connectivity index (χ0v) is 10.3. The molecule has 0 aliphatic rings. The molecular formula is C11H13N3OS. The van der Waals surface area contributed by atoms with Gasteiger partial charge in [0.1, 0.15) is 0 Å². The molecule has 0 spiro atoms. The molecule has 0 aliphatic heterocycles. The standard InChI is InChI=1S/C11H13N3OS/c1-11(2,3)8-4-9(15)14-10(13-8)7-5-12-6-16-7/h4-6H,1-3H3,(H,13,14,15). The summed E-state index contributed by atoms with van der Waals surface area (Å²) in [6, 6.07) is 1.55. The Bertz CT molecular complexity index is 537. The molecule has 2 heterocycles. The lowest BCUT2D eigenvalue weighted by atomic mass is 9.92. The van der Waals surface area contributed by atoms with E-state index in [4.69, 9.17) is 0 Å². The predicted octanol–water partition coefficient (Wildman–Crippen LogP) is 2.19. The Morgan fingerprint density at radius 2 is 2.12 bits per heavy atom. The molecular weight excluding hydrogens is 222 g/mol. The molecule has 0 fully saturated rings. The van der Waals surface area contributed by atoms with Gasteiger partial charge in [0.2, 0.25) is 0 Å². The Morgan fingerprint density at radius 3 is 2.69 bits per heavy atom. The summed E-state index contributed by atoms with van der Waals surface area (Å²) in [5, 5.41) is 0. The van der Waals surface area contributed by atoms with Crippen molar-refractivity contribution in [2.45, 2.75) is 26.2 Å².